The summed E-state index contributed by atoms with van der Waals surface area (Å²) in [5.74, 6) is 0.798. The quantitative estimate of drug-likeness (QED) is 0.0303. The topological polar surface area (TPSA) is 44.8 Å². The Labute approximate surface area is 286 Å². The average Bonchev–Trinajstić information content (AvgIpc) is 3.49. The molecule has 4 heteroatoms. The number of hydrogen-bond acceptors (Lipinski definition) is 4. The number of hydrogen-bond donors (Lipinski definition) is 0. The molecule has 1 aliphatic rings. The Morgan fingerprint density at radius 1 is 0.630 bits per heavy atom. The number of carbonyl (C=O) groups excluding carboxylic acids is 1. The Balaban J connectivity index is 1.93. The first kappa shape index (κ1) is 42.5. The van der Waals surface area contributed by atoms with Gasteiger partial charge in [0, 0.05) is 25.7 Å². The molecule has 268 valence electrons. The second kappa shape index (κ2) is 33.4. The molecule has 1 rings (SSSR count). The van der Waals surface area contributed by atoms with Crippen molar-refractivity contribution in [3.8, 4) is 0 Å². The fourth-order valence-corrected chi connectivity index (χ4v) is 6.21. The molecule has 0 amide bonds. The Morgan fingerprint density at radius 2 is 1.07 bits per heavy atom. The number of allylic oxidation sites excluding steroid dienone is 5. The van der Waals surface area contributed by atoms with Gasteiger partial charge in [-0.3, -0.25) is 4.79 Å². The SMILES string of the molecule is C=C(CCCCCC/C=C/CCCCCCCC)OCCC1OCCC1OC(=O)CCCCCCC/C=C/CCCCCCCC. The molecule has 1 saturated heterocycles. The van der Waals surface area contributed by atoms with Gasteiger partial charge in [-0.1, -0.05) is 141 Å². The maximum absolute atomic E-state index is 12.4. The highest BCUT2D eigenvalue weighted by molar-refractivity contribution is 5.69. The smallest absolute Gasteiger partial charge is 0.306 e. The van der Waals surface area contributed by atoms with Gasteiger partial charge in [-0.15, -0.1) is 0 Å². The number of unbranched alkanes of at least 4 members (excludes halogenated alkanes) is 21. The van der Waals surface area contributed by atoms with Gasteiger partial charge in [0.1, 0.15) is 6.10 Å². The molecule has 1 fully saturated rings. The molecule has 0 saturated carbocycles. The van der Waals surface area contributed by atoms with Crippen molar-refractivity contribution < 1.29 is 19.0 Å². The molecule has 2 unspecified atom stereocenters. The minimum atomic E-state index is -0.132. The van der Waals surface area contributed by atoms with Crippen molar-refractivity contribution in [1.82, 2.24) is 0 Å². The summed E-state index contributed by atoms with van der Waals surface area (Å²) >= 11 is 0. The lowest BCUT2D eigenvalue weighted by molar-refractivity contribution is -0.152. The first-order valence-electron chi connectivity index (χ1n) is 20.1. The third-order valence-electron chi connectivity index (χ3n) is 9.25. The van der Waals surface area contributed by atoms with Gasteiger partial charge in [-0.2, -0.15) is 0 Å². The summed E-state index contributed by atoms with van der Waals surface area (Å²) < 4.78 is 17.6. The van der Waals surface area contributed by atoms with E-state index in [0.717, 1.165) is 44.3 Å². The summed E-state index contributed by atoms with van der Waals surface area (Å²) in [7, 11) is 0. The molecule has 1 heterocycles. The predicted octanol–water partition coefficient (Wildman–Crippen LogP) is 13.3. The zero-order valence-electron chi connectivity index (χ0n) is 30.7. The summed E-state index contributed by atoms with van der Waals surface area (Å²) in [6, 6.07) is 0. The zero-order valence-corrected chi connectivity index (χ0v) is 30.7. The van der Waals surface area contributed by atoms with Gasteiger partial charge in [0.05, 0.1) is 25.1 Å². The van der Waals surface area contributed by atoms with Crippen LogP contribution in [0.3, 0.4) is 0 Å². The molecule has 0 aromatic carbocycles. The molecule has 0 bridgehead atoms. The number of rotatable bonds is 34. The minimum absolute atomic E-state index is 0.0556. The van der Waals surface area contributed by atoms with Crippen molar-refractivity contribution in [3.05, 3.63) is 36.6 Å². The van der Waals surface area contributed by atoms with Gasteiger partial charge in [-0.05, 0) is 64.2 Å². The zero-order chi connectivity index (χ0) is 33.2. The van der Waals surface area contributed by atoms with E-state index in [1.165, 1.54) is 141 Å². The number of ether oxygens (including phenoxy) is 3. The standard InChI is InChI=1S/C42H76O4/c1-4-6-8-10-12-14-16-18-20-22-24-26-28-30-32-34-42(43)46-41-36-38-45-40(41)35-37-44-39(3)33-31-29-27-25-23-21-19-17-15-13-11-9-7-5-2/h18-21,40-41H,3-17,22-38H2,1-2H3/b20-18+,21-19+. The van der Waals surface area contributed by atoms with Crippen LogP contribution in [0.4, 0.5) is 0 Å². The summed E-state index contributed by atoms with van der Waals surface area (Å²) in [6.45, 7) is 9.90. The Hall–Kier alpha value is -1.55. The lowest BCUT2D eigenvalue weighted by Crippen LogP contribution is -2.28. The van der Waals surface area contributed by atoms with Gasteiger partial charge < -0.3 is 14.2 Å². The van der Waals surface area contributed by atoms with E-state index in [1.54, 1.807) is 0 Å². The van der Waals surface area contributed by atoms with Crippen LogP contribution in [0, 0.1) is 0 Å². The van der Waals surface area contributed by atoms with Crippen LogP contribution < -0.4 is 0 Å². The van der Waals surface area contributed by atoms with Crippen molar-refractivity contribution in [2.75, 3.05) is 13.2 Å². The largest absolute Gasteiger partial charge is 0.498 e. The second-order valence-corrected chi connectivity index (χ2v) is 13.7. The van der Waals surface area contributed by atoms with Crippen molar-refractivity contribution in [3.63, 3.8) is 0 Å². The monoisotopic (exact) mass is 645 g/mol. The van der Waals surface area contributed by atoms with Crippen LogP contribution >= 0.6 is 0 Å². The highest BCUT2D eigenvalue weighted by Gasteiger charge is 2.31. The lowest BCUT2D eigenvalue weighted by atomic mass is 10.1. The first-order chi connectivity index (χ1) is 22.7. The molecule has 4 nitrogen and oxygen atoms in total. The Morgan fingerprint density at radius 3 is 1.57 bits per heavy atom. The van der Waals surface area contributed by atoms with E-state index >= 15 is 0 Å². The fourth-order valence-electron chi connectivity index (χ4n) is 6.21. The van der Waals surface area contributed by atoms with E-state index in [2.05, 4.69) is 44.7 Å². The normalized spacial score (nSPS) is 16.6. The molecule has 0 aromatic rings. The van der Waals surface area contributed by atoms with Crippen LogP contribution in [0.5, 0.6) is 0 Å². The Bertz CT molecular complexity index is 742. The van der Waals surface area contributed by atoms with E-state index < -0.39 is 0 Å². The van der Waals surface area contributed by atoms with E-state index in [4.69, 9.17) is 14.2 Å². The van der Waals surface area contributed by atoms with Crippen molar-refractivity contribution in [1.29, 1.82) is 0 Å². The van der Waals surface area contributed by atoms with Crippen molar-refractivity contribution in [2.24, 2.45) is 0 Å². The third-order valence-corrected chi connectivity index (χ3v) is 9.25. The molecule has 1 aliphatic heterocycles. The summed E-state index contributed by atoms with van der Waals surface area (Å²) in [4.78, 5) is 12.4. The fraction of sp³-hybridized carbons (Fsp3) is 0.833. The van der Waals surface area contributed by atoms with Crippen LogP contribution in [0.25, 0.3) is 0 Å². The number of carbonyl (C=O) groups is 1. The highest BCUT2D eigenvalue weighted by Crippen LogP contribution is 2.22. The van der Waals surface area contributed by atoms with Crippen LogP contribution in [0.15, 0.2) is 36.6 Å². The summed E-state index contributed by atoms with van der Waals surface area (Å²) in [6.07, 6.45) is 44.3. The lowest BCUT2D eigenvalue weighted by Gasteiger charge is -2.19. The molecule has 2 atom stereocenters. The van der Waals surface area contributed by atoms with Crippen LogP contribution in [-0.2, 0) is 19.0 Å². The molecular weight excluding hydrogens is 568 g/mol. The van der Waals surface area contributed by atoms with Crippen LogP contribution in [-0.4, -0.2) is 31.4 Å². The molecular formula is C42H76O4. The maximum atomic E-state index is 12.4. The van der Waals surface area contributed by atoms with Gasteiger partial charge in [-0.25, -0.2) is 0 Å². The third kappa shape index (κ3) is 27.6. The minimum Gasteiger partial charge on any atom is -0.498 e. The van der Waals surface area contributed by atoms with Gasteiger partial charge in [0.25, 0.3) is 0 Å². The molecule has 0 radical (unpaired) electrons. The summed E-state index contributed by atoms with van der Waals surface area (Å²) in [5, 5.41) is 0. The van der Waals surface area contributed by atoms with E-state index in [9.17, 15) is 4.79 Å². The highest BCUT2D eigenvalue weighted by atomic mass is 16.6. The van der Waals surface area contributed by atoms with Crippen LogP contribution in [0.1, 0.15) is 200 Å². The van der Waals surface area contributed by atoms with Crippen molar-refractivity contribution >= 4 is 5.97 Å². The molecule has 46 heavy (non-hydrogen) atoms. The first-order valence-corrected chi connectivity index (χ1v) is 20.1. The predicted molar refractivity (Wildman–Crippen MR) is 198 cm³/mol. The average molecular weight is 645 g/mol. The molecule has 0 aliphatic carbocycles. The molecule has 0 N–H and O–H groups in total. The second-order valence-electron chi connectivity index (χ2n) is 13.7. The molecule has 0 spiro atoms. The van der Waals surface area contributed by atoms with E-state index in [1.807, 2.05) is 0 Å². The Kier molecular flexibility index (Phi) is 30.8. The van der Waals surface area contributed by atoms with Crippen molar-refractivity contribution in [2.45, 2.75) is 212 Å². The van der Waals surface area contributed by atoms with E-state index in [0.29, 0.717) is 19.6 Å². The molecule has 0 aromatic heterocycles. The van der Waals surface area contributed by atoms with Gasteiger partial charge in [0.2, 0.25) is 0 Å². The van der Waals surface area contributed by atoms with Gasteiger partial charge >= 0.3 is 5.97 Å². The van der Waals surface area contributed by atoms with Gasteiger partial charge in [0.15, 0.2) is 0 Å². The van der Waals surface area contributed by atoms with Crippen LogP contribution in [0.2, 0.25) is 0 Å². The van der Waals surface area contributed by atoms with E-state index in [-0.39, 0.29) is 18.2 Å². The number of esters is 1. The maximum Gasteiger partial charge on any atom is 0.306 e. The summed E-state index contributed by atoms with van der Waals surface area (Å²) in [5.41, 5.74) is 0.